The summed E-state index contributed by atoms with van der Waals surface area (Å²) in [6.45, 7) is 3.57. The molecule has 1 atom stereocenters. The predicted molar refractivity (Wildman–Crippen MR) is 81.7 cm³/mol. The summed E-state index contributed by atoms with van der Waals surface area (Å²) in [6.07, 6.45) is 1.70. The van der Waals surface area contributed by atoms with E-state index in [1.807, 2.05) is 50.8 Å². The quantitative estimate of drug-likeness (QED) is 0.884. The molecule has 1 N–H and O–H groups in total. The molecule has 2 aromatic heterocycles. The lowest BCUT2D eigenvalue weighted by molar-refractivity contribution is 0.250. The van der Waals surface area contributed by atoms with E-state index in [0.717, 1.165) is 30.1 Å². The molecule has 0 aromatic carbocycles. The Hall–Kier alpha value is -2.03. The number of nitrogens with zero attached hydrogens (tertiary/aromatic N) is 3. The molecule has 5 nitrogen and oxygen atoms in total. The van der Waals surface area contributed by atoms with Crippen LogP contribution < -0.4 is 5.32 Å². The molecule has 0 saturated heterocycles. The van der Waals surface area contributed by atoms with E-state index in [2.05, 4.69) is 16.3 Å². The lowest BCUT2D eigenvalue weighted by atomic mass is 10.2. The standard InChI is InChI=1S/C16H22N4O/c1-12-13(8-14(9-17)20(12)4)10-18-11-15(19(2)3)16-6-5-7-21-16/h5-8,15,18H,10-11H2,1-4H3. The Labute approximate surface area is 125 Å². The number of aromatic nitrogens is 1. The fraction of sp³-hybridized carbons (Fsp3) is 0.438. The van der Waals surface area contributed by atoms with Crippen LogP contribution in [0.5, 0.6) is 0 Å². The minimum absolute atomic E-state index is 0.194. The van der Waals surface area contributed by atoms with Crippen LogP contribution in [0.1, 0.15) is 28.8 Å². The largest absolute Gasteiger partial charge is 0.468 e. The van der Waals surface area contributed by atoms with Crippen LogP contribution in [0.4, 0.5) is 0 Å². The molecule has 0 bridgehead atoms. The van der Waals surface area contributed by atoms with Crippen molar-refractivity contribution in [1.29, 1.82) is 5.26 Å². The van der Waals surface area contributed by atoms with Crippen LogP contribution in [0.25, 0.3) is 0 Å². The summed E-state index contributed by atoms with van der Waals surface area (Å²) in [5.41, 5.74) is 2.98. The number of rotatable bonds is 6. The highest BCUT2D eigenvalue weighted by Gasteiger charge is 2.16. The maximum Gasteiger partial charge on any atom is 0.122 e. The van der Waals surface area contributed by atoms with Gasteiger partial charge in [-0.05, 0) is 44.8 Å². The van der Waals surface area contributed by atoms with Crippen molar-refractivity contribution in [2.24, 2.45) is 7.05 Å². The number of hydrogen-bond acceptors (Lipinski definition) is 4. The van der Waals surface area contributed by atoms with Crippen LogP contribution in [0, 0.1) is 18.3 Å². The van der Waals surface area contributed by atoms with Gasteiger partial charge in [0.1, 0.15) is 17.5 Å². The van der Waals surface area contributed by atoms with Crippen molar-refractivity contribution in [1.82, 2.24) is 14.8 Å². The first-order valence-electron chi connectivity index (χ1n) is 7.00. The van der Waals surface area contributed by atoms with Gasteiger partial charge in [-0.2, -0.15) is 5.26 Å². The molecule has 1 unspecified atom stereocenters. The average molecular weight is 286 g/mol. The Balaban J connectivity index is 1.99. The molecule has 2 heterocycles. The summed E-state index contributed by atoms with van der Waals surface area (Å²) in [5.74, 6) is 0.954. The van der Waals surface area contributed by atoms with Crippen molar-refractivity contribution in [3.8, 4) is 6.07 Å². The van der Waals surface area contributed by atoms with E-state index in [0.29, 0.717) is 5.69 Å². The zero-order valence-corrected chi connectivity index (χ0v) is 13.1. The van der Waals surface area contributed by atoms with Gasteiger partial charge in [0.25, 0.3) is 0 Å². The molecule has 0 aliphatic rings. The molecule has 0 aliphatic carbocycles. The maximum atomic E-state index is 9.06. The number of likely N-dealkylation sites (N-methyl/N-ethyl adjacent to an activating group) is 1. The lowest BCUT2D eigenvalue weighted by Crippen LogP contribution is -2.30. The second-order valence-electron chi connectivity index (χ2n) is 5.44. The van der Waals surface area contributed by atoms with Gasteiger partial charge < -0.3 is 14.3 Å². The summed E-state index contributed by atoms with van der Waals surface area (Å²) < 4.78 is 7.42. The molecule has 2 aromatic rings. The zero-order valence-electron chi connectivity index (χ0n) is 13.1. The summed E-state index contributed by atoms with van der Waals surface area (Å²) in [6, 6.07) is 8.25. The van der Waals surface area contributed by atoms with Crippen LogP contribution in [0.2, 0.25) is 0 Å². The van der Waals surface area contributed by atoms with Gasteiger partial charge in [-0.3, -0.25) is 4.90 Å². The van der Waals surface area contributed by atoms with E-state index in [1.165, 1.54) is 0 Å². The van der Waals surface area contributed by atoms with E-state index < -0.39 is 0 Å². The van der Waals surface area contributed by atoms with Gasteiger partial charge in [-0.15, -0.1) is 0 Å². The molecule has 5 heteroatoms. The van der Waals surface area contributed by atoms with Crippen LogP contribution >= 0.6 is 0 Å². The van der Waals surface area contributed by atoms with Crippen molar-refractivity contribution in [2.45, 2.75) is 19.5 Å². The highest BCUT2D eigenvalue weighted by atomic mass is 16.3. The fourth-order valence-corrected chi connectivity index (χ4v) is 2.41. The molecule has 0 radical (unpaired) electrons. The van der Waals surface area contributed by atoms with Gasteiger partial charge in [0, 0.05) is 25.8 Å². The third-order valence-corrected chi connectivity index (χ3v) is 3.90. The first-order valence-corrected chi connectivity index (χ1v) is 7.00. The SMILES string of the molecule is Cc1c(CNCC(c2ccco2)N(C)C)cc(C#N)n1C. The average Bonchev–Trinajstić information content (AvgIpc) is 3.06. The van der Waals surface area contributed by atoms with E-state index in [1.54, 1.807) is 6.26 Å². The molecular formula is C16H22N4O. The van der Waals surface area contributed by atoms with Crippen molar-refractivity contribution in [3.63, 3.8) is 0 Å². The molecule has 112 valence electrons. The van der Waals surface area contributed by atoms with Crippen molar-refractivity contribution in [3.05, 3.63) is 47.2 Å². The van der Waals surface area contributed by atoms with Crippen LogP contribution in [-0.2, 0) is 13.6 Å². The van der Waals surface area contributed by atoms with Crippen molar-refractivity contribution in [2.75, 3.05) is 20.6 Å². The van der Waals surface area contributed by atoms with Gasteiger partial charge in [0.05, 0.1) is 12.3 Å². The fourth-order valence-electron chi connectivity index (χ4n) is 2.41. The van der Waals surface area contributed by atoms with E-state index in [9.17, 15) is 0 Å². The van der Waals surface area contributed by atoms with Gasteiger partial charge in [0.15, 0.2) is 0 Å². The molecule has 0 saturated carbocycles. The van der Waals surface area contributed by atoms with Crippen molar-refractivity contribution >= 4 is 0 Å². The number of hydrogen-bond donors (Lipinski definition) is 1. The van der Waals surface area contributed by atoms with Crippen LogP contribution in [0.15, 0.2) is 28.9 Å². The van der Waals surface area contributed by atoms with Crippen molar-refractivity contribution < 1.29 is 4.42 Å². The van der Waals surface area contributed by atoms with Gasteiger partial charge in [0.2, 0.25) is 0 Å². The van der Waals surface area contributed by atoms with E-state index in [4.69, 9.17) is 9.68 Å². The van der Waals surface area contributed by atoms with Gasteiger partial charge in [-0.1, -0.05) is 0 Å². The van der Waals surface area contributed by atoms with E-state index in [-0.39, 0.29) is 6.04 Å². The topological polar surface area (TPSA) is 57.1 Å². The molecule has 0 aliphatic heterocycles. The summed E-state index contributed by atoms with van der Waals surface area (Å²) in [7, 11) is 6.00. The minimum Gasteiger partial charge on any atom is -0.468 e. The Morgan fingerprint density at radius 3 is 2.76 bits per heavy atom. The summed E-state index contributed by atoms with van der Waals surface area (Å²) >= 11 is 0. The summed E-state index contributed by atoms with van der Waals surface area (Å²) in [5, 5.41) is 12.5. The second-order valence-corrected chi connectivity index (χ2v) is 5.44. The molecule has 2 rings (SSSR count). The Kier molecular flexibility index (Phi) is 4.84. The van der Waals surface area contributed by atoms with Crippen LogP contribution in [-0.4, -0.2) is 30.1 Å². The predicted octanol–water partition coefficient (Wildman–Crippen LogP) is 2.19. The second kappa shape index (κ2) is 6.61. The molecular weight excluding hydrogens is 264 g/mol. The minimum atomic E-state index is 0.194. The molecule has 0 spiro atoms. The Bertz CT molecular complexity index is 619. The molecule has 0 amide bonds. The first-order chi connectivity index (χ1) is 10.0. The highest BCUT2D eigenvalue weighted by Crippen LogP contribution is 2.18. The number of furan rings is 1. The third-order valence-electron chi connectivity index (χ3n) is 3.90. The Morgan fingerprint density at radius 1 is 1.48 bits per heavy atom. The monoisotopic (exact) mass is 286 g/mol. The van der Waals surface area contributed by atoms with E-state index >= 15 is 0 Å². The number of nitrogens with one attached hydrogen (secondary N) is 1. The summed E-state index contributed by atoms with van der Waals surface area (Å²) in [4.78, 5) is 2.13. The van der Waals surface area contributed by atoms with Crippen LogP contribution in [0.3, 0.4) is 0 Å². The lowest BCUT2D eigenvalue weighted by Gasteiger charge is -2.22. The molecule has 21 heavy (non-hydrogen) atoms. The zero-order chi connectivity index (χ0) is 15.4. The molecule has 0 fully saturated rings. The normalized spacial score (nSPS) is 12.6. The smallest absolute Gasteiger partial charge is 0.122 e. The van der Waals surface area contributed by atoms with Gasteiger partial charge >= 0.3 is 0 Å². The first kappa shape index (κ1) is 15.4. The van der Waals surface area contributed by atoms with Gasteiger partial charge in [-0.25, -0.2) is 0 Å². The third kappa shape index (κ3) is 3.35. The Morgan fingerprint density at radius 2 is 2.24 bits per heavy atom. The number of nitriles is 1. The highest BCUT2D eigenvalue weighted by molar-refractivity contribution is 5.34. The maximum absolute atomic E-state index is 9.06.